The molecule has 0 radical (unpaired) electrons. The van der Waals surface area contributed by atoms with E-state index in [9.17, 15) is 0 Å². The van der Waals surface area contributed by atoms with E-state index in [1.807, 2.05) is 0 Å². The highest BCUT2D eigenvalue weighted by Gasteiger charge is 2.33. The van der Waals surface area contributed by atoms with Crippen LogP contribution in [0.1, 0.15) is 19.3 Å². The summed E-state index contributed by atoms with van der Waals surface area (Å²) in [5.74, 6) is 1.24. The van der Waals surface area contributed by atoms with Gasteiger partial charge in [0.2, 0.25) is 5.88 Å². The lowest BCUT2D eigenvalue weighted by Gasteiger charge is -2.42. The zero-order valence-electron chi connectivity index (χ0n) is 9.68. The summed E-state index contributed by atoms with van der Waals surface area (Å²) in [5.41, 5.74) is 0. The summed E-state index contributed by atoms with van der Waals surface area (Å²) in [5, 5.41) is 8.17. The quantitative estimate of drug-likeness (QED) is 0.808. The third-order valence-corrected chi connectivity index (χ3v) is 3.88. The molecule has 1 aromatic heterocycles. The molecule has 3 rings (SSSR count). The van der Waals surface area contributed by atoms with Crippen molar-refractivity contribution in [1.29, 1.82) is 0 Å². The molecular weight excluding hydrogens is 238 g/mol. The van der Waals surface area contributed by atoms with E-state index in [0.717, 1.165) is 13.0 Å². The summed E-state index contributed by atoms with van der Waals surface area (Å²) in [4.78, 5) is 2.53. The van der Waals surface area contributed by atoms with Crippen molar-refractivity contribution in [3.05, 3.63) is 17.3 Å². The molecule has 0 aromatic carbocycles. The van der Waals surface area contributed by atoms with Crippen LogP contribution in [0.3, 0.4) is 0 Å². The molecule has 17 heavy (non-hydrogen) atoms. The molecule has 0 amide bonds. The fourth-order valence-corrected chi connectivity index (χ4v) is 2.92. The zero-order valence-corrected chi connectivity index (χ0v) is 10.4. The molecule has 0 saturated carbocycles. The molecule has 2 bridgehead atoms. The van der Waals surface area contributed by atoms with Crippen LogP contribution in [0.5, 0.6) is 5.88 Å². The molecule has 3 heterocycles. The van der Waals surface area contributed by atoms with Crippen LogP contribution in [0.2, 0.25) is 5.15 Å². The first-order valence-corrected chi connectivity index (χ1v) is 6.57. The second-order valence-electron chi connectivity index (χ2n) is 4.84. The maximum absolute atomic E-state index is 5.94. The molecule has 2 fully saturated rings. The SMILES string of the molecule is Clc1ccc(O[C@H]2CCN3CCCC2C3)nn1. The van der Waals surface area contributed by atoms with Gasteiger partial charge in [-0.05, 0) is 31.9 Å². The Balaban J connectivity index is 1.66. The average Bonchev–Trinajstić information content (AvgIpc) is 2.36. The second kappa shape index (κ2) is 4.78. The number of hydrogen-bond acceptors (Lipinski definition) is 4. The molecule has 2 aliphatic rings. The fraction of sp³-hybridized carbons (Fsp3) is 0.667. The number of piperidine rings is 2. The topological polar surface area (TPSA) is 38.2 Å². The second-order valence-corrected chi connectivity index (χ2v) is 5.23. The van der Waals surface area contributed by atoms with Gasteiger partial charge < -0.3 is 9.64 Å². The fourth-order valence-electron chi connectivity index (χ4n) is 2.82. The lowest BCUT2D eigenvalue weighted by Crippen LogP contribution is -2.49. The molecule has 2 unspecified atom stereocenters. The molecule has 2 aliphatic heterocycles. The van der Waals surface area contributed by atoms with Crippen molar-refractivity contribution in [1.82, 2.24) is 15.1 Å². The van der Waals surface area contributed by atoms with E-state index < -0.39 is 0 Å². The van der Waals surface area contributed by atoms with Crippen molar-refractivity contribution >= 4 is 11.6 Å². The van der Waals surface area contributed by atoms with E-state index in [-0.39, 0.29) is 0 Å². The number of hydrogen-bond donors (Lipinski definition) is 0. The molecule has 4 nitrogen and oxygen atoms in total. The van der Waals surface area contributed by atoms with E-state index in [0.29, 0.717) is 23.1 Å². The van der Waals surface area contributed by atoms with Gasteiger partial charge in [0.25, 0.3) is 0 Å². The number of rotatable bonds is 2. The minimum atomic E-state index is 0.294. The van der Waals surface area contributed by atoms with Crippen molar-refractivity contribution in [2.75, 3.05) is 19.6 Å². The van der Waals surface area contributed by atoms with Crippen molar-refractivity contribution < 1.29 is 4.74 Å². The number of nitrogens with zero attached hydrogens (tertiary/aromatic N) is 3. The van der Waals surface area contributed by atoms with Crippen molar-refractivity contribution in [3.8, 4) is 5.88 Å². The Morgan fingerprint density at radius 2 is 2.18 bits per heavy atom. The van der Waals surface area contributed by atoms with Gasteiger partial charge >= 0.3 is 0 Å². The van der Waals surface area contributed by atoms with Gasteiger partial charge in [-0.3, -0.25) is 0 Å². The standard InChI is InChI=1S/C12H16ClN3O/c13-11-3-4-12(15-14-11)17-10-5-7-16-6-1-2-9(10)8-16/h3-4,9-10H,1-2,5-8H2/t9?,10-/m0/s1. The van der Waals surface area contributed by atoms with Gasteiger partial charge in [0, 0.05) is 25.1 Å². The summed E-state index contributed by atoms with van der Waals surface area (Å²) in [6, 6.07) is 3.52. The largest absolute Gasteiger partial charge is 0.473 e. The maximum atomic E-state index is 5.94. The zero-order chi connectivity index (χ0) is 11.7. The van der Waals surface area contributed by atoms with E-state index in [1.165, 1.54) is 25.9 Å². The third-order valence-electron chi connectivity index (χ3n) is 3.68. The van der Waals surface area contributed by atoms with Crippen LogP contribution in [0.25, 0.3) is 0 Å². The summed E-state index contributed by atoms with van der Waals surface area (Å²) >= 11 is 5.70. The van der Waals surface area contributed by atoms with Crippen molar-refractivity contribution in [3.63, 3.8) is 0 Å². The first-order chi connectivity index (χ1) is 8.31. The van der Waals surface area contributed by atoms with Gasteiger partial charge in [-0.2, -0.15) is 0 Å². The summed E-state index contributed by atoms with van der Waals surface area (Å²) in [6.45, 7) is 3.57. The summed E-state index contributed by atoms with van der Waals surface area (Å²) < 4.78 is 5.94. The molecule has 1 aromatic rings. The summed E-state index contributed by atoms with van der Waals surface area (Å²) in [7, 11) is 0. The van der Waals surface area contributed by atoms with Gasteiger partial charge in [-0.1, -0.05) is 11.6 Å². The van der Waals surface area contributed by atoms with Gasteiger partial charge in [-0.15, -0.1) is 10.2 Å². The van der Waals surface area contributed by atoms with Gasteiger partial charge in [-0.25, -0.2) is 0 Å². The van der Waals surface area contributed by atoms with Gasteiger partial charge in [0.1, 0.15) is 6.10 Å². The predicted molar refractivity (Wildman–Crippen MR) is 65.2 cm³/mol. The normalized spacial score (nSPS) is 32.2. The highest BCUT2D eigenvalue weighted by atomic mass is 35.5. The van der Waals surface area contributed by atoms with E-state index >= 15 is 0 Å². The first-order valence-electron chi connectivity index (χ1n) is 6.19. The number of aromatic nitrogens is 2. The average molecular weight is 254 g/mol. The molecule has 5 heteroatoms. The number of fused-ring (bicyclic) bond motifs is 2. The van der Waals surface area contributed by atoms with Crippen LogP contribution in [0, 0.1) is 5.92 Å². The van der Waals surface area contributed by atoms with E-state index in [2.05, 4.69) is 15.1 Å². The molecule has 2 saturated heterocycles. The number of halogens is 1. The Bertz CT molecular complexity index is 384. The van der Waals surface area contributed by atoms with Crippen molar-refractivity contribution in [2.45, 2.75) is 25.4 Å². The lowest BCUT2D eigenvalue weighted by molar-refractivity contribution is 0.0123. The van der Waals surface area contributed by atoms with E-state index in [1.54, 1.807) is 12.1 Å². The maximum Gasteiger partial charge on any atom is 0.233 e. The van der Waals surface area contributed by atoms with Crippen LogP contribution in [-0.4, -0.2) is 40.8 Å². The summed E-state index contributed by atoms with van der Waals surface area (Å²) in [6.07, 6.45) is 3.94. The van der Waals surface area contributed by atoms with Crippen LogP contribution < -0.4 is 4.74 Å². The number of ether oxygens (including phenoxy) is 1. The van der Waals surface area contributed by atoms with Crippen LogP contribution in [0.15, 0.2) is 12.1 Å². The van der Waals surface area contributed by atoms with Gasteiger partial charge in [0.05, 0.1) is 0 Å². The Labute approximate surface area is 106 Å². The smallest absolute Gasteiger partial charge is 0.233 e. The molecular formula is C12H16ClN3O. The monoisotopic (exact) mass is 253 g/mol. The highest BCUT2D eigenvalue weighted by Crippen LogP contribution is 2.29. The highest BCUT2D eigenvalue weighted by molar-refractivity contribution is 6.29. The Morgan fingerprint density at radius 1 is 1.24 bits per heavy atom. The predicted octanol–water partition coefficient (Wildman–Crippen LogP) is 1.99. The lowest BCUT2D eigenvalue weighted by atomic mass is 9.87. The van der Waals surface area contributed by atoms with Gasteiger partial charge in [0.15, 0.2) is 5.15 Å². The Morgan fingerprint density at radius 3 is 3.00 bits per heavy atom. The van der Waals surface area contributed by atoms with Crippen LogP contribution in [0.4, 0.5) is 0 Å². The molecule has 0 N–H and O–H groups in total. The first kappa shape index (κ1) is 11.2. The van der Waals surface area contributed by atoms with Crippen LogP contribution >= 0.6 is 11.6 Å². The van der Waals surface area contributed by atoms with Crippen LogP contribution in [-0.2, 0) is 0 Å². The minimum Gasteiger partial charge on any atom is -0.473 e. The van der Waals surface area contributed by atoms with Crippen molar-refractivity contribution in [2.24, 2.45) is 5.92 Å². The van der Waals surface area contributed by atoms with E-state index in [4.69, 9.17) is 16.3 Å². The third kappa shape index (κ3) is 2.53. The Hall–Kier alpha value is -0.870. The molecule has 3 atom stereocenters. The minimum absolute atomic E-state index is 0.294. The molecule has 92 valence electrons. The Kier molecular flexibility index (Phi) is 3.16. The molecule has 0 spiro atoms. The molecule has 0 aliphatic carbocycles.